The topological polar surface area (TPSA) is 64.5 Å². The van der Waals surface area contributed by atoms with Crippen molar-refractivity contribution in [3.63, 3.8) is 0 Å². The van der Waals surface area contributed by atoms with Gasteiger partial charge in [0.25, 0.3) is 0 Å². The summed E-state index contributed by atoms with van der Waals surface area (Å²) in [7, 11) is -10.7. The van der Waals surface area contributed by atoms with Crippen molar-refractivity contribution in [1.29, 1.82) is 0 Å². The van der Waals surface area contributed by atoms with Crippen LogP contribution in [-0.2, 0) is 45.2 Å². The summed E-state index contributed by atoms with van der Waals surface area (Å²) in [6.45, 7) is 0. The standard InChI is InChI=1S/C27H22N.2C10H8N2.F6P.Ru/c1-2-18-28-27(3-1)25-16-14-24(15-17-25)26-19-22-9-8-20-4-6-21(7-5-20)10-12-23(26)13-11-22;2*1-3-7-11-9(5-1)10-6-2-4-8-12-10;1-7(2,3,4,5)6;/h1-7,11,13-16,18-19H,8-10,12H2;2*1-8H;;/q-1;;;-1;+2. The van der Waals surface area contributed by atoms with E-state index in [4.69, 9.17) is 0 Å². The van der Waals surface area contributed by atoms with Gasteiger partial charge in [-0.1, -0.05) is 90.0 Å². The van der Waals surface area contributed by atoms with E-state index in [1.54, 1.807) is 24.8 Å². The van der Waals surface area contributed by atoms with Crippen molar-refractivity contribution in [1.82, 2.24) is 24.9 Å². The van der Waals surface area contributed by atoms with Gasteiger partial charge >= 0.3 is 52.5 Å². The van der Waals surface area contributed by atoms with Crippen molar-refractivity contribution in [3.8, 4) is 45.2 Å². The quantitative estimate of drug-likeness (QED) is 0.0762. The predicted octanol–water partition coefficient (Wildman–Crippen LogP) is 13.8. The fraction of sp³-hybridized carbons (Fsp3) is 0.0851. The van der Waals surface area contributed by atoms with E-state index in [0.29, 0.717) is 0 Å². The van der Waals surface area contributed by atoms with Gasteiger partial charge in [0, 0.05) is 31.0 Å². The van der Waals surface area contributed by atoms with Gasteiger partial charge in [-0.15, -0.1) is 29.8 Å². The summed E-state index contributed by atoms with van der Waals surface area (Å²) in [5.41, 5.74) is 13.9. The van der Waals surface area contributed by atoms with Crippen LogP contribution in [0.4, 0.5) is 25.2 Å². The molecule has 0 atom stereocenters. The SMILES string of the molecule is F[P-](F)(F)(F)(F)F.[Ru+2].[c-]1cc(-c2cc3ccc2CCc2ccc(cc2)CC3)ccc1-c1ccccn1.c1ccc(-c2ccccn2)nc1.c1ccc(-c2ccccn2)nc1. The molecule has 0 unspecified atom stereocenters. The average molecular weight is 919 g/mol. The molecule has 5 heterocycles. The minimum absolute atomic E-state index is 0. The van der Waals surface area contributed by atoms with E-state index >= 15 is 0 Å². The number of pyridine rings is 5. The van der Waals surface area contributed by atoms with Crippen LogP contribution >= 0.6 is 7.81 Å². The first kappa shape index (κ1) is 45.1. The molecule has 0 spiro atoms. The molecule has 0 radical (unpaired) electrons. The first-order valence-electron chi connectivity index (χ1n) is 18.6. The molecule has 5 nitrogen and oxygen atoms in total. The number of nitrogens with zero attached hydrogens (tertiary/aromatic N) is 5. The second-order valence-corrected chi connectivity index (χ2v) is 15.2. The van der Waals surface area contributed by atoms with Crippen molar-refractivity contribution in [2.24, 2.45) is 0 Å². The van der Waals surface area contributed by atoms with Crippen molar-refractivity contribution in [2.75, 3.05) is 0 Å². The number of aryl methyl sites for hydroxylation is 4. The van der Waals surface area contributed by atoms with Crippen LogP contribution in [0.3, 0.4) is 0 Å². The Kier molecular flexibility index (Phi) is 14.9. The zero-order chi connectivity index (χ0) is 41.6. The van der Waals surface area contributed by atoms with E-state index in [1.165, 1.54) is 33.4 Å². The van der Waals surface area contributed by atoms with Crippen LogP contribution < -0.4 is 0 Å². The van der Waals surface area contributed by atoms with Gasteiger partial charge in [0.2, 0.25) is 0 Å². The van der Waals surface area contributed by atoms with Crippen LogP contribution in [0.1, 0.15) is 22.3 Å². The van der Waals surface area contributed by atoms with E-state index in [9.17, 15) is 25.2 Å². The second-order valence-electron chi connectivity index (χ2n) is 13.3. The molecule has 0 amide bonds. The van der Waals surface area contributed by atoms with E-state index in [2.05, 4.69) is 91.6 Å². The van der Waals surface area contributed by atoms with Crippen LogP contribution in [-0.4, -0.2) is 24.9 Å². The van der Waals surface area contributed by atoms with Crippen LogP contribution in [0.15, 0.2) is 183 Å². The summed E-state index contributed by atoms with van der Waals surface area (Å²) in [4.78, 5) is 21.2. The number of halogens is 6. The Hall–Kier alpha value is -5.96. The summed E-state index contributed by atoms with van der Waals surface area (Å²) in [5, 5.41) is 0. The molecule has 60 heavy (non-hydrogen) atoms. The van der Waals surface area contributed by atoms with Crippen molar-refractivity contribution in [3.05, 3.63) is 211 Å². The largest absolute Gasteiger partial charge is 2.00 e. The summed E-state index contributed by atoms with van der Waals surface area (Å²) in [6, 6.07) is 55.2. The van der Waals surface area contributed by atoms with Crippen LogP contribution in [0.5, 0.6) is 0 Å². The van der Waals surface area contributed by atoms with Crippen LogP contribution in [0.2, 0.25) is 0 Å². The first-order chi connectivity index (χ1) is 28.2. The molecule has 13 heteroatoms. The zero-order valence-corrected chi connectivity index (χ0v) is 34.6. The number of benzene rings is 3. The molecule has 4 aliphatic rings. The van der Waals surface area contributed by atoms with Gasteiger partial charge in [0.1, 0.15) is 0 Å². The summed E-state index contributed by atoms with van der Waals surface area (Å²) < 4.78 is 59.2. The van der Waals surface area contributed by atoms with Crippen molar-refractivity contribution in [2.45, 2.75) is 25.7 Å². The molecule has 0 fully saturated rings. The van der Waals surface area contributed by atoms with Crippen molar-refractivity contribution >= 4 is 7.81 Å². The molecule has 0 saturated carbocycles. The molecule has 5 aromatic heterocycles. The third kappa shape index (κ3) is 15.7. The van der Waals surface area contributed by atoms with E-state index in [0.717, 1.165) is 59.7 Å². The second kappa shape index (κ2) is 19.9. The van der Waals surface area contributed by atoms with Gasteiger partial charge in [-0.3, -0.25) is 19.9 Å². The fourth-order valence-corrected chi connectivity index (χ4v) is 6.04. The Morgan fingerprint density at radius 2 is 0.767 bits per heavy atom. The van der Waals surface area contributed by atoms with E-state index in [-0.39, 0.29) is 19.5 Å². The molecule has 4 bridgehead atoms. The van der Waals surface area contributed by atoms with Crippen LogP contribution in [0.25, 0.3) is 45.2 Å². The molecule has 0 saturated heterocycles. The van der Waals surface area contributed by atoms with Gasteiger partial charge in [0.05, 0.1) is 22.8 Å². The predicted molar refractivity (Wildman–Crippen MR) is 224 cm³/mol. The van der Waals surface area contributed by atoms with Gasteiger partial charge in [0.15, 0.2) is 0 Å². The minimum Gasteiger partial charge on any atom is -0.305 e. The monoisotopic (exact) mass is 919 g/mol. The number of hydrogen-bond acceptors (Lipinski definition) is 5. The number of aromatic nitrogens is 5. The maximum Gasteiger partial charge on any atom is 2.00 e. The average Bonchev–Trinajstić information content (AvgIpc) is 3.26. The minimum atomic E-state index is -10.7. The maximum atomic E-state index is 9.87. The third-order valence-corrected chi connectivity index (χ3v) is 8.83. The molecule has 12 rings (SSSR count). The Bertz CT molecular complexity index is 2340. The zero-order valence-electron chi connectivity index (χ0n) is 32.0. The van der Waals surface area contributed by atoms with Gasteiger partial charge < -0.3 is 4.98 Å². The Labute approximate surface area is 357 Å². The first-order valence-corrected chi connectivity index (χ1v) is 20.6. The van der Waals surface area contributed by atoms with E-state index < -0.39 is 7.81 Å². The summed E-state index contributed by atoms with van der Waals surface area (Å²) >= 11 is 0. The van der Waals surface area contributed by atoms with Gasteiger partial charge in [-0.2, -0.15) is 0 Å². The molecule has 4 aliphatic carbocycles. The molecule has 0 N–H and O–H groups in total. The fourth-order valence-electron chi connectivity index (χ4n) is 6.04. The molecule has 3 aromatic carbocycles. The molecule has 0 aliphatic heterocycles. The summed E-state index contributed by atoms with van der Waals surface area (Å²) in [6.07, 6.45) is 13.2. The number of hydrogen-bond donors (Lipinski definition) is 0. The molecular weight excluding hydrogens is 881 g/mol. The third-order valence-electron chi connectivity index (χ3n) is 8.83. The Morgan fingerprint density at radius 3 is 1.13 bits per heavy atom. The Morgan fingerprint density at radius 1 is 0.400 bits per heavy atom. The van der Waals surface area contributed by atoms with Crippen molar-refractivity contribution < 1.29 is 44.7 Å². The van der Waals surface area contributed by atoms with Gasteiger partial charge in [-0.05, 0) is 108 Å². The molecule has 306 valence electrons. The number of rotatable bonds is 4. The molecule has 8 aromatic rings. The maximum absolute atomic E-state index is 10.7. The summed E-state index contributed by atoms with van der Waals surface area (Å²) in [5.74, 6) is 0. The van der Waals surface area contributed by atoms with Crippen LogP contribution in [0, 0.1) is 6.07 Å². The molecular formula is C47H38F6N5PRu. The smallest absolute Gasteiger partial charge is 0.305 e. The van der Waals surface area contributed by atoms with E-state index in [1.807, 2.05) is 97.2 Å². The Balaban J connectivity index is 0.000000177. The van der Waals surface area contributed by atoms with Gasteiger partial charge in [-0.25, -0.2) is 0 Å². The normalized spacial score (nSPS) is 12.7.